The summed E-state index contributed by atoms with van der Waals surface area (Å²) in [5.74, 6) is -0.376. The fourth-order valence-electron chi connectivity index (χ4n) is 8.99. The Morgan fingerprint density at radius 1 is 0.471 bits per heavy atom. The molecule has 2 fully saturated rings. The van der Waals surface area contributed by atoms with Gasteiger partial charge in [-0.1, -0.05) is 193 Å². The highest BCUT2D eigenvalue weighted by atomic mass is 16.7. The molecule has 0 aliphatic carbocycles. The van der Waals surface area contributed by atoms with E-state index < -0.39 is 80.7 Å². The molecule has 2 rings (SSSR count). The molecular formula is C54H102O14. The van der Waals surface area contributed by atoms with Gasteiger partial charge in [0.2, 0.25) is 0 Å². The lowest BCUT2D eigenvalue weighted by Crippen LogP contribution is -2.61. The molecule has 0 spiro atoms. The van der Waals surface area contributed by atoms with E-state index in [2.05, 4.69) is 26.0 Å². The Hall–Kier alpha value is -1.27. The Morgan fingerprint density at radius 3 is 1.34 bits per heavy atom. The van der Waals surface area contributed by atoms with Gasteiger partial charge >= 0.3 is 5.97 Å². The van der Waals surface area contributed by atoms with Gasteiger partial charge in [-0.2, -0.15) is 0 Å². The highest BCUT2D eigenvalue weighted by Crippen LogP contribution is 2.27. The number of unbranched alkanes of at least 4 members (excludes halogenated alkanes) is 29. The summed E-state index contributed by atoms with van der Waals surface area (Å²) in [5, 5.41) is 72.2. The lowest BCUT2D eigenvalue weighted by molar-refractivity contribution is -0.332. The second-order valence-electron chi connectivity index (χ2n) is 19.8. The van der Waals surface area contributed by atoms with Crippen LogP contribution in [0.3, 0.4) is 0 Å². The normalized spacial score (nSPS) is 25.9. The molecule has 0 radical (unpaired) electrons. The molecule has 0 aromatic heterocycles. The van der Waals surface area contributed by atoms with Crippen molar-refractivity contribution in [1.82, 2.24) is 0 Å². The molecule has 7 N–H and O–H groups in total. The van der Waals surface area contributed by atoms with E-state index in [-0.39, 0.29) is 25.6 Å². The van der Waals surface area contributed by atoms with Gasteiger partial charge in [0.25, 0.3) is 0 Å². The molecule has 0 saturated carbocycles. The molecular weight excluding hydrogens is 873 g/mol. The number of aliphatic hydroxyl groups is 7. The maximum Gasteiger partial charge on any atom is 0.306 e. The van der Waals surface area contributed by atoms with E-state index in [1.54, 1.807) is 0 Å². The van der Waals surface area contributed by atoms with Crippen LogP contribution in [0.5, 0.6) is 0 Å². The van der Waals surface area contributed by atoms with Gasteiger partial charge < -0.3 is 64.2 Å². The van der Waals surface area contributed by atoms with Crippen LogP contribution in [0.2, 0.25) is 0 Å². The van der Waals surface area contributed by atoms with E-state index >= 15 is 0 Å². The zero-order chi connectivity index (χ0) is 49.5. The van der Waals surface area contributed by atoms with Crippen molar-refractivity contribution in [3.63, 3.8) is 0 Å². The van der Waals surface area contributed by atoms with Crippen LogP contribution in [-0.4, -0.2) is 142 Å². The quantitative estimate of drug-likeness (QED) is 0.0172. The number of esters is 1. The molecule has 0 aromatic carbocycles. The third kappa shape index (κ3) is 29.3. The highest BCUT2D eigenvalue weighted by Gasteiger charge is 2.47. The van der Waals surface area contributed by atoms with Crippen LogP contribution in [0.15, 0.2) is 12.2 Å². The molecule has 11 unspecified atom stereocenters. The standard InChI is InChI=1S/C54H102O14/c1-3-5-7-9-11-13-15-17-19-21-23-25-27-29-31-33-35-37-46(56)66-43(40-63-38-36-34-32-30-28-26-24-22-20-18-16-14-12-10-8-6-4-2)41-64-53-52(62)50(60)48(58)45(68-53)42-65-54-51(61)49(59)47(57)44(39-55)67-54/h17,19,43-45,47-55,57-62H,3-16,18,20-42H2,1-2H3/b19-17-. The predicted molar refractivity (Wildman–Crippen MR) is 266 cm³/mol. The van der Waals surface area contributed by atoms with Crippen LogP contribution >= 0.6 is 0 Å². The van der Waals surface area contributed by atoms with Crippen LogP contribution in [0, 0.1) is 0 Å². The van der Waals surface area contributed by atoms with Gasteiger partial charge in [0.15, 0.2) is 12.6 Å². The van der Waals surface area contributed by atoms with Crippen molar-refractivity contribution >= 4 is 5.97 Å². The minimum Gasteiger partial charge on any atom is -0.457 e. The second-order valence-corrected chi connectivity index (χ2v) is 19.8. The molecule has 2 aliphatic heterocycles. The lowest BCUT2D eigenvalue weighted by Gasteiger charge is -2.42. The predicted octanol–water partition coefficient (Wildman–Crippen LogP) is 9.02. The molecule has 11 atom stereocenters. The number of aliphatic hydroxyl groups excluding tert-OH is 7. The van der Waals surface area contributed by atoms with Gasteiger partial charge in [-0.25, -0.2) is 0 Å². The van der Waals surface area contributed by atoms with Gasteiger partial charge in [0.05, 0.1) is 26.4 Å². The molecule has 2 aliphatic rings. The topological polar surface area (TPSA) is 214 Å². The van der Waals surface area contributed by atoms with Crippen molar-refractivity contribution in [2.75, 3.05) is 33.0 Å². The van der Waals surface area contributed by atoms with Crippen molar-refractivity contribution in [3.05, 3.63) is 12.2 Å². The van der Waals surface area contributed by atoms with Crippen LogP contribution in [0.1, 0.15) is 226 Å². The first-order chi connectivity index (χ1) is 33.1. The summed E-state index contributed by atoms with van der Waals surface area (Å²) in [6.07, 6.45) is 28.4. The van der Waals surface area contributed by atoms with Gasteiger partial charge in [-0.05, 0) is 38.5 Å². The van der Waals surface area contributed by atoms with Crippen LogP contribution in [-0.2, 0) is 33.2 Å². The lowest BCUT2D eigenvalue weighted by atomic mass is 9.98. The Balaban J connectivity index is 1.74. The van der Waals surface area contributed by atoms with E-state index in [1.165, 1.54) is 154 Å². The van der Waals surface area contributed by atoms with Crippen molar-refractivity contribution in [2.24, 2.45) is 0 Å². The Labute approximate surface area is 412 Å². The van der Waals surface area contributed by atoms with Gasteiger partial charge in [0.1, 0.15) is 54.9 Å². The second kappa shape index (κ2) is 42.3. The maximum atomic E-state index is 13.0. The van der Waals surface area contributed by atoms with Crippen LogP contribution in [0.25, 0.3) is 0 Å². The van der Waals surface area contributed by atoms with Crippen LogP contribution < -0.4 is 0 Å². The van der Waals surface area contributed by atoms with E-state index in [0.717, 1.165) is 44.9 Å². The molecule has 14 nitrogen and oxygen atoms in total. The summed E-state index contributed by atoms with van der Waals surface area (Å²) < 4.78 is 34.4. The van der Waals surface area contributed by atoms with E-state index in [9.17, 15) is 40.5 Å². The number of hydrogen-bond donors (Lipinski definition) is 7. The minimum atomic E-state index is -1.70. The summed E-state index contributed by atoms with van der Waals surface area (Å²) in [6.45, 7) is 3.73. The molecule has 14 heteroatoms. The fourth-order valence-corrected chi connectivity index (χ4v) is 8.99. The molecule has 0 amide bonds. The molecule has 402 valence electrons. The summed E-state index contributed by atoms with van der Waals surface area (Å²) in [6, 6.07) is 0. The summed E-state index contributed by atoms with van der Waals surface area (Å²) in [5.41, 5.74) is 0. The first kappa shape index (κ1) is 62.8. The number of allylic oxidation sites excluding steroid dienone is 2. The van der Waals surface area contributed by atoms with Crippen molar-refractivity contribution in [3.8, 4) is 0 Å². The van der Waals surface area contributed by atoms with Gasteiger partial charge in [-0.3, -0.25) is 4.79 Å². The monoisotopic (exact) mass is 975 g/mol. The number of carbonyl (C=O) groups excluding carboxylic acids is 1. The number of rotatable bonds is 45. The Bertz CT molecular complexity index is 1180. The molecule has 0 aromatic rings. The van der Waals surface area contributed by atoms with Crippen molar-refractivity contribution < 1.29 is 69.0 Å². The summed E-state index contributed by atoms with van der Waals surface area (Å²) in [7, 11) is 0. The SMILES string of the molecule is CCCCCCCC/C=C\CCCCCCCCCC(=O)OC(COCCCCCCCCCCCCCCCCCCC)COC1OC(COC2OC(CO)C(O)C(O)C2O)C(O)C(O)C1O. The third-order valence-corrected chi connectivity index (χ3v) is 13.5. The van der Waals surface area contributed by atoms with Crippen molar-refractivity contribution in [2.45, 2.75) is 293 Å². The van der Waals surface area contributed by atoms with Crippen molar-refractivity contribution in [1.29, 1.82) is 0 Å². The molecule has 68 heavy (non-hydrogen) atoms. The molecule has 0 bridgehead atoms. The summed E-state index contributed by atoms with van der Waals surface area (Å²) in [4.78, 5) is 13.0. The third-order valence-electron chi connectivity index (χ3n) is 13.5. The zero-order valence-electron chi connectivity index (χ0n) is 42.9. The summed E-state index contributed by atoms with van der Waals surface area (Å²) >= 11 is 0. The molecule has 2 saturated heterocycles. The number of ether oxygens (including phenoxy) is 6. The first-order valence-electron chi connectivity index (χ1n) is 27.8. The number of hydrogen-bond acceptors (Lipinski definition) is 14. The van der Waals surface area contributed by atoms with Gasteiger partial charge in [0, 0.05) is 13.0 Å². The first-order valence-corrected chi connectivity index (χ1v) is 27.8. The maximum absolute atomic E-state index is 13.0. The Kier molecular flexibility index (Phi) is 39.1. The van der Waals surface area contributed by atoms with E-state index in [0.29, 0.717) is 13.0 Å². The van der Waals surface area contributed by atoms with Crippen LogP contribution in [0.4, 0.5) is 0 Å². The van der Waals surface area contributed by atoms with E-state index in [1.807, 2.05) is 0 Å². The Morgan fingerprint density at radius 2 is 0.868 bits per heavy atom. The fraction of sp³-hybridized carbons (Fsp3) is 0.944. The molecule has 2 heterocycles. The number of carbonyl (C=O) groups is 1. The van der Waals surface area contributed by atoms with E-state index in [4.69, 9.17) is 28.4 Å². The highest BCUT2D eigenvalue weighted by molar-refractivity contribution is 5.69. The average Bonchev–Trinajstić information content (AvgIpc) is 3.33. The minimum absolute atomic E-state index is 0.0659. The smallest absolute Gasteiger partial charge is 0.306 e. The zero-order valence-corrected chi connectivity index (χ0v) is 42.9. The van der Waals surface area contributed by atoms with Gasteiger partial charge in [-0.15, -0.1) is 0 Å². The average molecular weight is 975 g/mol. The largest absolute Gasteiger partial charge is 0.457 e.